The first-order valence-corrected chi connectivity index (χ1v) is 7.61. The Morgan fingerprint density at radius 2 is 2.05 bits per heavy atom. The number of carboxylic acid groups (broad SMARTS) is 1. The van der Waals surface area contributed by atoms with Crippen molar-refractivity contribution in [3.05, 3.63) is 22.5 Å². The van der Waals surface area contributed by atoms with Gasteiger partial charge in [0.15, 0.2) is 5.78 Å². The lowest BCUT2D eigenvalue weighted by molar-refractivity contribution is -0.143. The average Bonchev–Trinajstić information content (AvgIpc) is 2.83. The van der Waals surface area contributed by atoms with Crippen LogP contribution in [0.15, 0.2) is 0 Å². The van der Waals surface area contributed by atoms with Crippen LogP contribution in [-0.4, -0.2) is 45.7 Å². The Hall–Kier alpha value is -2.11. The van der Waals surface area contributed by atoms with E-state index in [0.717, 1.165) is 5.56 Å². The molecule has 120 valence electrons. The second kappa shape index (κ2) is 6.34. The van der Waals surface area contributed by atoms with Gasteiger partial charge in [0.05, 0.1) is 5.92 Å². The summed E-state index contributed by atoms with van der Waals surface area (Å²) in [5, 5.41) is 9.14. The van der Waals surface area contributed by atoms with Gasteiger partial charge in [0, 0.05) is 24.3 Å². The van der Waals surface area contributed by atoms with Gasteiger partial charge in [0.2, 0.25) is 0 Å². The zero-order chi connectivity index (χ0) is 16.4. The number of nitrogens with zero attached hydrogens (tertiary/aromatic N) is 1. The number of aromatic amines is 1. The van der Waals surface area contributed by atoms with E-state index in [1.54, 1.807) is 11.8 Å². The summed E-state index contributed by atoms with van der Waals surface area (Å²) in [6.45, 7) is 5.96. The monoisotopic (exact) mass is 306 g/mol. The molecule has 0 saturated carbocycles. The number of nitrogens with one attached hydrogen (secondary N) is 1. The van der Waals surface area contributed by atoms with Gasteiger partial charge in [-0.15, -0.1) is 0 Å². The number of rotatable bonds is 4. The summed E-state index contributed by atoms with van der Waals surface area (Å²) in [6, 6.07) is 0. The molecule has 6 heteroatoms. The van der Waals surface area contributed by atoms with Crippen molar-refractivity contribution in [2.24, 2.45) is 5.92 Å². The molecule has 1 aliphatic rings. The number of carbonyl (C=O) groups excluding carboxylic acids is 2. The lowest BCUT2D eigenvalue weighted by atomic mass is 9.97. The van der Waals surface area contributed by atoms with Gasteiger partial charge >= 0.3 is 5.97 Å². The maximum Gasteiger partial charge on any atom is 0.308 e. The van der Waals surface area contributed by atoms with E-state index in [1.165, 1.54) is 6.92 Å². The molecule has 0 aliphatic carbocycles. The molecule has 0 aromatic carbocycles. The summed E-state index contributed by atoms with van der Waals surface area (Å²) >= 11 is 0. The molecule has 0 radical (unpaired) electrons. The van der Waals surface area contributed by atoms with Gasteiger partial charge in [-0.05, 0) is 38.7 Å². The highest BCUT2D eigenvalue weighted by Crippen LogP contribution is 2.24. The molecule has 0 unspecified atom stereocenters. The van der Waals surface area contributed by atoms with E-state index >= 15 is 0 Å². The molecule has 22 heavy (non-hydrogen) atoms. The minimum atomic E-state index is -0.861. The van der Waals surface area contributed by atoms with E-state index < -0.39 is 11.9 Å². The summed E-state index contributed by atoms with van der Waals surface area (Å²) in [7, 11) is 0. The van der Waals surface area contributed by atoms with Crippen LogP contribution in [0.1, 0.15) is 58.8 Å². The summed E-state index contributed by atoms with van der Waals surface area (Å²) in [4.78, 5) is 40.2. The van der Waals surface area contributed by atoms with Crippen molar-refractivity contribution in [1.29, 1.82) is 0 Å². The van der Waals surface area contributed by atoms with E-state index in [-0.39, 0.29) is 18.2 Å². The quantitative estimate of drug-likeness (QED) is 0.833. The molecular weight excluding hydrogens is 284 g/mol. The maximum atomic E-state index is 12.7. The Bertz CT molecular complexity index is 618. The van der Waals surface area contributed by atoms with E-state index in [1.807, 2.05) is 6.92 Å². The van der Waals surface area contributed by atoms with Crippen LogP contribution < -0.4 is 0 Å². The summed E-state index contributed by atoms with van der Waals surface area (Å²) in [6.07, 6.45) is 1.86. The van der Waals surface area contributed by atoms with E-state index in [0.29, 0.717) is 42.8 Å². The fourth-order valence-electron chi connectivity index (χ4n) is 3.21. The largest absolute Gasteiger partial charge is 0.481 e. The molecule has 1 aliphatic heterocycles. The topological polar surface area (TPSA) is 90.5 Å². The van der Waals surface area contributed by atoms with Gasteiger partial charge in [-0.25, -0.2) is 0 Å². The second-order valence-corrected chi connectivity index (χ2v) is 5.82. The standard InChI is InChI=1S/C16H22N2O4/c1-4-12-13(10(3)19)9(2)17-14(12)15(20)18-7-5-6-11(8-18)16(21)22/h11,17H,4-8H2,1-3H3,(H,21,22)/t11-/m0/s1. The molecule has 1 atom stereocenters. The number of aliphatic carboxylic acids is 1. The number of hydrogen-bond acceptors (Lipinski definition) is 3. The van der Waals surface area contributed by atoms with Crippen LogP contribution in [-0.2, 0) is 11.2 Å². The van der Waals surface area contributed by atoms with Crippen molar-refractivity contribution >= 4 is 17.7 Å². The molecule has 2 N–H and O–H groups in total. The number of likely N-dealkylation sites (tertiary alicyclic amines) is 1. The highest BCUT2D eigenvalue weighted by molar-refractivity contribution is 6.02. The van der Waals surface area contributed by atoms with E-state index in [4.69, 9.17) is 5.11 Å². The Balaban J connectivity index is 2.31. The predicted molar refractivity (Wildman–Crippen MR) is 81.2 cm³/mol. The van der Waals surface area contributed by atoms with Gasteiger partial charge < -0.3 is 15.0 Å². The van der Waals surface area contributed by atoms with Gasteiger partial charge in [-0.3, -0.25) is 14.4 Å². The van der Waals surface area contributed by atoms with Crippen LogP contribution in [0, 0.1) is 12.8 Å². The third-order valence-electron chi connectivity index (χ3n) is 4.27. The Kier molecular flexibility index (Phi) is 4.68. The minimum Gasteiger partial charge on any atom is -0.481 e. The number of H-pyrrole nitrogens is 1. The lowest BCUT2D eigenvalue weighted by Gasteiger charge is -2.30. The molecule has 1 aromatic rings. The van der Waals surface area contributed by atoms with Crippen LogP contribution >= 0.6 is 0 Å². The SMILES string of the molecule is CCc1c(C(=O)N2CCC[C@H](C(=O)O)C2)[nH]c(C)c1C(C)=O. The van der Waals surface area contributed by atoms with Crippen LogP contribution in [0.25, 0.3) is 0 Å². The van der Waals surface area contributed by atoms with Gasteiger partial charge in [0.1, 0.15) is 5.69 Å². The Morgan fingerprint density at radius 3 is 2.59 bits per heavy atom. The number of amides is 1. The fraction of sp³-hybridized carbons (Fsp3) is 0.562. The van der Waals surface area contributed by atoms with E-state index in [2.05, 4.69) is 4.98 Å². The molecule has 0 spiro atoms. The fourth-order valence-corrected chi connectivity index (χ4v) is 3.21. The normalized spacial score (nSPS) is 18.3. The van der Waals surface area contributed by atoms with Gasteiger partial charge in [0.25, 0.3) is 5.91 Å². The number of ketones is 1. The molecular formula is C16H22N2O4. The first-order chi connectivity index (χ1) is 10.4. The number of hydrogen-bond donors (Lipinski definition) is 2. The zero-order valence-electron chi connectivity index (χ0n) is 13.2. The van der Waals surface area contributed by atoms with Crippen molar-refractivity contribution in [1.82, 2.24) is 9.88 Å². The van der Waals surface area contributed by atoms with Crippen LogP contribution in [0.4, 0.5) is 0 Å². The number of aryl methyl sites for hydroxylation is 1. The summed E-state index contributed by atoms with van der Waals surface area (Å²) < 4.78 is 0. The van der Waals surface area contributed by atoms with Crippen LogP contribution in [0.3, 0.4) is 0 Å². The van der Waals surface area contributed by atoms with Gasteiger partial charge in [-0.1, -0.05) is 6.92 Å². The molecule has 1 saturated heterocycles. The summed E-state index contributed by atoms with van der Waals surface area (Å²) in [5.74, 6) is -1.64. The highest BCUT2D eigenvalue weighted by Gasteiger charge is 2.31. The van der Waals surface area contributed by atoms with Crippen molar-refractivity contribution in [3.63, 3.8) is 0 Å². The number of carbonyl (C=O) groups is 3. The molecule has 6 nitrogen and oxygen atoms in total. The van der Waals surface area contributed by atoms with E-state index in [9.17, 15) is 14.4 Å². The molecule has 1 fully saturated rings. The summed E-state index contributed by atoms with van der Waals surface area (Å²) in [5.41, 5.74) is 2.43. The third-order valence-corrected chi connectivity index (χ3v) is 4.27. The van der Waals surface area contributed by atoms with Crippen LogP contribution in [0.2, 0.25) is 0 Å². The molecule has 0 bridgehead atoms. The van der Waals surface area contributed by atoms with Crippen molar-refractivity contribution in [2.75, 3.05) is 13.1 Å². The lowest BCUT2D eigenvalue weighted by Crippen LogP contribution is -2.42. The first kappa shape index (κ1) is 16.3. The van der Waals surface area contributed by atoms with Crippen molar-refractivity contribution < 1.29 is 19.5 Å². The zero-order valence-corrected chi connectivity index (χ0v) is 13.2. The third kappa shape index (κ3) is 2.91. The number of Topliss-reactive ketones (excluding diaryl/α,β-unsaturated/α-hetero) is 1. The molecule has 1 amide bonds. The number of carboxylic acids is 1. The maximum absolute atomic E-state index is 12.7. The molecule has 2 heterocycles. The Morgan fingerprint density at radius 1 is 1.36 bits per heavy atom. The average molecular weight is 306 g/mol. The van der Waals surface area contributed by atoms with Crippen molar-refractivity contribution in [3.8, 4) is 0 Å². The smallest absolute Gasteiger partial charge is 0.308 e. The number of aromatic nitrogens is 1. The highest BCUT2D eigenvalue weighted by atomic mass is 16.4. The van der Waals surface area contributed by atoms with Crippen molar-refractivity contribution in [2.45, 2.75) is 40.0 Å². The predicted octanol–water partition coefficient (Wildman–Crippen LogP) is 2.02. The molecule has 2 rings (SSSR count). The van der Waals surface area contributed by atoms with Gasteiger partial charge in [-0.2, -0.15) is 0 Å². The number of piperidine rings is 1. The second-order valence-electron chi connectivity index (χ2n) is 5.82. The first-order valence-electron chi connectivity index (χ1n) is 7.61. The van der Waals surface area contributed by atoms with Crippen LogP contribution in [0.5, 0.6) is 0 Å². The Labute approximate surface area is 129 Å². The molecule has 1 aromatic heterocycles. The minimum absolute atomic E-state index is 0.0632.